The maximum absolute atomic E-state index is 10.4. The Hall–Kier alpha value is -1.13. The van der Waals surface area contributed by atoms with Crippen molar-refractivity contribution in [2.24, 2.45) is 5.92 Å². The van der Waals surface area contributed by atoms with Crippen LogP contribution in [0.3, 0.4) is 0 Å². The van der Waals surface area contributed by atoms with Crippen molar-refractivity contribution in [3.05, 3.63) is 24.0 Å². The maximum Gasteiger partial charge on any atom is 0.0861 e. The fourth-order valence-corrected chi connectivity index (χ4v) is 3.08. The van der Waals surface area contributed by atoms with E-state index in [9.17, 15) is 5.11 Å². The van der Waals surface area contributed by atoms with Crippen LogP contribution in [0.4, 0.5) is 5.69 Å². The first-order valence-corrected chi connectivity index (χ1v) is 7.11. The minimum atomic E-state index is -0.514. The molecule has 0 spiro atoms. The van der Waals surface area contributed by atoms with E-state index in [1.807, 2.05) is 0 Å². The SMILES string of the molecule is COC(C(O)Cc1cnccc1N)C1CCCCC1. The zero-order valence-electron chi connectivity index (χ0n) is 11.6. The summed E-state index contributed by atoms with van der Waals surface area (Å²) in [6.45, 7) is 0. The average Bonchev–Trinajstić information content (AvgIpc) is 2.43. The number of nitrogens with zero attached hydrogens (tertiary/aromatic N) is 1. The van der Waals surface area contributed by atoms with Crippen molar-refractivity contribution in [1.82, 2.24) is 4.98 Å². The van der Waals surface area contributed by atoms with Crippen molar-refractivity contribution in [3.8, 4) is 0 Å². The van der Waals surface area contributed by atoms with Gasteiger partial charge in [-0.15, -0.1) is 0 Å². The molecular weight excluding hydrogens is 240 g/mol. The van der Waals surface area contributed by atoms with Crippen LogP contribution in [0.25, 0.3) is 0 Å². The van der Waals surface area contributed by atoms with E-state index in [0.29, 0.717) is 18.0 Å². The van der Waals surface area contributed by atoms with Crippen LogP contribution in [0.15, 0.2) is 18.5 Å². The monoisotopic (exact) mass is 264 g/mol. The Kier molecular flexibility index (Phi) is 5.16. The molecule has 4 heteroatoms. The first-order valence-electron chi connectivity index (χ1n) is 7.11. The molecule has 1 aromatic rings. The highest BCUT2D eigenvalue weighted by Crippen LogP contribution is 2.30. The Bertz CT molecular complexity index is 391. The molecule has 2 unspecified atom stereocenters. The lowest BCUT2D eigenvalue weighted by molar-refractivity contribution is -0.0535. The number of nitrogen functional groups attached to an aromatic ring is 1. The molecule has 19 heavy (non-hydrogen) atoms. The molecule has 4 nitrogen and oxygen atoms in total. The second-order valence-corrected chi connectivity index (χ2v) is 5.44. The van der Waals surface area contributed by atoms with Gasteiger partial charge in [0.15, 0.2) is 0 Å². The molecule has 3 N–H and O–H groups in total. The number of nitrogens with two attached hydrogens (primary N) is 1. The summed E-state index contributed by atoms with van der Waals surface area (Å²) < 4.78 is 5.55. The number of aliphatic hydroxyl groups is 1. The fourth-order valence-electron chi connectivity index (χ4n) is 3.08. The fraction of sp³-hybridized carbons (Fsp3) is 0.667. The van der Waals surface area contributed by atoms with Gasteiger partial charge in [-0.1, -0.05) is 19.3 Å². The molecule has 0 saturated heterocycles. The number of pyridine rings is 1. The molecule has 2 atom stereocenters. The lowest BCUT2D eigenvalue weighted by Gasteiger charge is -2.32. The molecule has 0 bridgehead atoms. The van der Waals surface area contributed by atoms with Gasteiger partial charge < -0.3 is 15.6 Å². The minimum absolute atomic E-state index is 0.0973. The average molecular weight is 264 g/mol. The van der Waals surface area contributed by atoms with Crippen LogP contribution in [-0.2, 0) is 11.2 Å². The molecule has 1 fully saturated rings. The summed E-state index contributed by atoms with van der Waals surface area (Å²) in [6, 6.07) is 1.77. The molecule has 2 rings (SSSR count). The standard InChI is InChI=1S/C15H24N2O2/c1-19-15(11-5-3-2-4-6-11)14(18)9-12-10-17-8-7-13(12)16/h7-8,10-11,14-15,18H,2-6,9H2,1H3,(H2,16,17). The van der Waals surface area contributed by atoms with Crippen molar-refractivity contribution in [1.29, 1.82) is 0 Å². The maximum atomic E-state index is 10.4. The summed E-state index contributed by atoms with van der Waals surface area (Å²) in [6.07, 6.45) is 9.38. The van der Waals surface area contributed by atoms with Crippen molar-refractivity contribution >= 4 is 5.69 Å². The second-order valence-electron chi connectivity index (χ2n) is 5.44. The number of rotatable bonds is 5. The Labute approximate surface area is 115 Å². The van der Waals surface area contributed by atoms with Crippen molar-refractivity contribution < 1.29 is 9.84 Å². The third kappa shape index (κ3) is 3.67. The number of anilines is 1. The van der Waals surface area contributed by atoms with Gasteiger partial charge >= 0.3 is 0 Å². The van der Waals surface area contributed by atoms with Gasteiger partial charge in [0.2, 0.25) is 0 Å². The summed E-state index contributed by atoms with van der Waals surface area (Å²) in [5, 5.41) is 10.4. The van der Waals surface area contributed by atoms with Crippen LogP contribution in [0.5, 0.6) is 0 Å². The molecule has 0 amide bonds. The van der Waals surface area contributed by atoms with Crippen LogP contribution in [-0.4, -0.2) is 29.4 Å². The highest BCUT2D eigenvalue weighted by Gasteiger charge is 2.29. The largest absolute Gasteiger partial charge is 0.398 e. The van der Waals surface area contributed by atoms with Gasteiger partial charge in [-0.25, -0.2) is 0 Å². The summed E-state index contributed by atoms with van der Waals surface area (Å²) >= 11 is 0. The van der Waals surface area contributed by atoms with Gasteiger partial charge in [0.25, 0.3) is 0 Å². The second kappa shape index (κ2) is 6.87. The number of methoxy groups -OCH3 is 1. The van der Waals surface area contributed by atoms with E-state index in [4.69, 9.17) is 10.5 Å². The van der Waals surface area contributed by atoms with E-state index in [0.717, 1.165) is 18.4 Å². The molecule has 0 aromatic carbocycles. The van der Waals surface area contributed by atoms with E-state index in [1.54, 1.807) is 25.6 Å². The first kappa shape index (κ1) is 14.3. The lowest BCUT2D eigenvalue weighted by atomic mass is 9.82. The van der Waals surface area contributed by atoms with Gasteiger partial charge in [-0.05, 0) is 30.4 Å². The van der Waals surface area contributed by atoms with Gasteiger partial charge in [-0.2, -0.15) is 0 Å². The molecule has 0 radical (unpaired) electrons. The van der Waals surface area contributed by atoms with Crippen LogP contribution in [0.2, 0.25) is 0 Å². The van der Waals surface area contributed by atoms with E-state index in [2.05, 4.69) is 4.98 Å². The highest BCUT2D eigenvalue weighted by molar-refractivity contribution is 5.44. The topological polar surface area (TPSA) is 68.4 Å². The Balaban J connectivity index is 2.00. The van der Waals surface area contributed by atoms with Crippen molar-refractivity contribution in [2.45, 2.75) is 50.7 Å². The smallest absolute Gasteiger partial charge is 0.0861 e. The molecule has 106 valence electrons. The summed E-state index contributed by atoms with van der Waals surface area (Å²) in [5.41, 5.74) is 7.48. The normalized spacial score (nSPS) is 20.1. The summed E-state index contributed by atoms with van der Waals surface area (Å²) in [7, 11) is 1.69. The van der Waals surface area contributed by atoms with E-state index in [1.165, 1.54) is 19.3 Å². The molecule has 1 aliphatic rings. The molecule has 1 aromatic heterocycles. The summed E-state index contributed by atoms with van der Waals surface area (Å²) in [4.78, 5) is 4.06. The third-order valence-corrected chi connectivity index (χ3v) is 4.14. The first-order chi connectivity index (χ1) is 9.22. The number of ether oxygens (including phenoxy) is 1. The highest BCUT2D eigenvalue weighted by atomic mass is 16.5. The Morgan fingerprint density at radius 3 is 2.79 bits per heavy atom. The van der Waals surface area contributed by atoms with Gasteiger partial charge in [0.05, 0.1) is 12.2 Å². The predicted molar refractivity (Wildman–Crippen MR) is 75.7 cm³/mol. The predicted octanol–water partition coefficient (Wildman–Crippen LogP) is 2.16. The van der Waals surface area contributed by atoms with Crippen LogP contribution < -0.4 is 5.73 Å². The Morgan fingerprint density at radius 2 is 2.16 bits per heavy atom. The molecule has 0 aliphatic heterocycles. The minimum Gasteiger partial charge on any atom is -0.398 e. The lowest BCUT2D eigenvalue weighted by Crippen LogP contribution is -2.37. The molecule has 1 aliphatic carbocycles. The zero-order valence-corrected chi connectivity index (χ0v) is 11.6. The van der Waals surface area contributed by atoms with Gasteiger partial charge in [0, 0.05) is 31.6 Å². The molecular formula is C15H24N2O2. The van der Waals surface area contributed by atoms with Gasteiger partial charge in [-0.3, -0.25) is 4.98 Å². The quantitative estimate of drug-likeness (QED) is 0.855. The van der Waals surface area contributed by atoms with Crippen LogP contribution in [0, 0.1) is 5.92 Å². The number of aromatic nitrogens is 1. The Morgan fingerprint density at radius 1 is 1.42 bits per heavy atom. The number of hydrogen-bond acceptors (Lipinski definition) is 4. The van der Waals surface area contributed by atoms with Crippen LogP contribution >= 0.6 is 0 Å². The van der Waals surface area contributed by atoms with Crippen molar-refractivity contribution in [2.75, 3.05) is 12.8 Å². The molecule has 1 saturated carbocycles. The third-order valence-electron chi connectivity index (χ3n) is 4.14. The number of hydrogen-bond donors (Lipinski definition) is 2. The van der Waals surface area contributed by atoms with Gasteiger partial charge in [0.1, 0.15) is 0 Å². The van der Waals surface area contributed by atoms with Crippen molar-refractivity contribution in [3.63, 3.8) is 0 Å². The number of aliphatic hydroxyl groups excluding tert-OH is 1. The summed E-state index contributed by atoms with van der Waals surface area (Å²) in [5.74, 6) is 0.464. The zero-order chi connectivity index (χ0) is 13.7. The van der Waals surface area contributed by atoms with E-state index >= 15 is 0 Å². The van der Waals surface area contributed by atoms with E-state index in [-0.39, 0.29) is 6.10 Å². The van der Waals surface area contributed by atoms with Crippen LogP contribution in [0.1, 0.15) is 37.7 Å². The molecule has 1 heterocycles. The van der Waals surface area contributed by atoms with E-state index < -0.39 is 6.10 Å².